The maximum atomic E-state index is 13.7. The van der Waals surface area contributed by atoms with E-state index in [1.807, 2.05) is 26.8 Å². The van der Waals surface area contributed by atoms with E-state index in [-0.39, 0.29) is 17.2 Å². The monoisotopic (exact) mass is 205 g/mol. The number of hydrogen-bond donors (Lipinski definition) is 0. The molecule has 1 unspecified atom stereocenters. The molecule has 0 heterocycles. The Morgan fingerprint density at radius 2 is 1.93 bits per heavy atom. The van der Waals surface area contributed by atoms with Gasteiger partial charge in [0.2, 0.25) is 0 Å². The zero-order valence-corrected chi connectivity index (χ0v) is 9.63. The Kier molecular flexibility index (Phi) is 3.14. The zero-order chi connectivity index (χ0) is 11.6. The average Bonchev–Trinajstić information content (AvgIpc) is 2.14. The van der Waals surface area contributed by atoms with Gasteiger partial charge in [0.25, 0.3) is 0 Å². The Balaban J connectivity index is 3.16. The summed E-state index contributed by atoms with van der Waals surface area (Å²) in [7, 11) is 0. The third-order valence-corrected chi connectivity index (χ3v) is 2.49. The van der Waals surface area contributed by atoms with Crippen molar-refractivity contribution >= 4 is 0 Å². The predicted molar refractivity (Wildman–Crippen MR) is 59.1 cm³/mol. The first kappa shape index (κ1) is 11.7. The summed E-state index contributed by atoms with van der Waals surface area (Å²) in [5.74, 6) is -0.476. The van der Waals surface area contributed by atoms with Gasteiger partial charge in [-0.25, -0.2) is 4.39 Å². The molecule has 0 aliphatic rings. The van der Waals surface area contributed by atoms with E-state index in [0.29, 0.717) is 5.56 Å². The molecule has 0 aliphatic carbocycles. The van der Waals surface area contributed by atoms with E-state index in [2.05, 4.69) is 6.07 Å². The summed E-state index contributed by atoms with van der Waals surface area (Å²) >= 11 is 0. The first-order chi connectivity index (χ1) is 6.86. The number of benzene rings is 1. The second-order valence-electron chi connectivity index (χ2n) is 4.84. The Morgan fingerprint density at radius 1 is 1.33 bits per heavy atom. The van der Waals surface area contributed by atoms with Gasteiger partial charge < -0.3 is 0 Å². The smallest absolute Gasteiger partial charge is 0.127 e. The average molecular weight is 205 g/mol. The summed E-state index contributed by atoms with van der Waals surface area (Å²) in [5, 5.41) is 8.74. The minimum absolute atomic E-state index is 0.196. The largest absolute Gasteiger partial charge is 0.207 e. The normalized spacial score (nSPS) is 13.3. The number of rotatable bonds is 1. The van der Waals surface area contributed by atoms with E-state index in [9.17, 15) is 4.39 Å². The molecule has 0 radical (unpaired) electrons. The van der Waals surface area contributed by atoms with E-state index in [1.165, 1.54) is 6.07 Å². The summed E-state index contributed by atoms with van der Waals surface area (Å²) in [6.07, 6.45) is 0. The molecular formula is C13H16FN. The molecule has 1 rings (SSSR count). The fourth-order valence-corrected chi connectivity index (χ4v) is 1.48. The zero-order valence-electron chi connectivity index (χ0n) is 9.63. The lowest BCUT2D eigenvalue weighted by Crippen LogP contribution is -2.13. The summed E-state index contributed by atoms with van der Waals surface area (Å²) in [6.45, 7) is 7.68. The predicted octanol–water partition coefficient (Wildman–Crippen LogP) is 3.75. The first-order valence-electron chi connectivity index (χ1n) is 5.06. The van der Waals surface area contributed by atoms with Crippen molar-refractivity contribution in [3.05, 3.63) is 35.1 Å². The van der Waals surface area contributed by atoms with Crippen LogP contribution in [0.25, 0.3) is 0 Å². The van der Waals surface area contributed by atoms with Gasteiger partial charge in [-0.15, -0.1) is 0 Å². The maximum Gasteiger partial charge on any atom is 0.127 e. The van der Waals surface area contributed by atoms with Gasteiger partial charge >= 0.3 is 0 Å². The van der Waals surface area contributed by atoms with Crippen molar-refractivity contribution in [2.24, 2.45) is 0 Å². The van der Waals surface area contributed by atoms with Gasteiger partial charge in [-0.05, 0) is 29.5 Å². The highest BCUT2D eigenvalue weighted by Gasteiger charge is 2.19. The molecule has 0 N–H and O–H groups in total. The van der Waals surface area contributed by atoms with Crippen LogP contribution in [0.3, 0.4) is 0 Å². The Hall–Kier alpha value is -1.36. The fraction of sp³-hybridized carbons (Fsp3) is 0.462. The van der Waals surface area contributed by atoms with Crippen molar-refractivity contribution in [3.8, 4) is 6.07 Å². The van der Waals surface area contributed by atoms with Crippen LogP contribution >= 0.6 is 0 Å². The number of hydrogen-bond acceptors (Lipinski definition) is 1. The molecule has 1 aromatic carbocycles. The van der Waals surface area contributed by atoms with Crippen LogP contribution in [0.2, 0.25) is 0 Å². The van der Waals surface area contributed by atoms with Crippen LogP contribution in [-0.4, -0.2) is 0 Å². The van der Waals surface area contributed by atoms with E-state index in [1.54, 1.807) is 13.0 Å². The number of nitrogens with zero attached hydrogens (tertiary/aromatic N) is 1. The summed E-state index contributed by atoms with van der Waals surface area (Å²) in [5.41, 5.74) is 1.23. The van der Waals surface area contributed by atoms with E-state index < -0.39 is 0 Å². The van der Waals surface area contributed by atoms with Crippen LogP contribution in [0.1, 0.15) is 44.7 Å². The van der Waals surface area contributed by atoms with Crippen molar-refractivity contribution in [2.45, 2.75) is 39.0 Å². The minimum atomic E-state index is -0.256. The quantitative estimate of drug-likeness (QED) is 0.685. The van der Waals surface area contributed by atoms with Gasteiger partial charge in [0, 0.05) is 0 Å². The Bertz CT molecular complexity index is 396. The van der Waals surface area contributed by atoms with E-state index in [4.69, 9.17) is 5.26 Å². The van der Waals surface area contributed by atoms with Crippen molar-refractivity contribution in [2.75, 3.05) is 0 Å². The topological polar surface area (TPSA) is 23.8 Å². The van der Waals surface area contributed by atoms with Crippen molar-refractivity contribution < 1.29 is 4.39 Å². The van der Waals surface area contributed by atoms with Gasteiger partial charge in [0.05, 0.1) is 12.0 Å². The van der Waals surface area contributed by atoms with E-state index >= 15 is 0 Å². The second kappa shape index (κ2) is 4.02. The molecule has 0 spiro atoms. The molecule has 1 nitrogen and oxygen atoms in total. The van der Waals surface area contributed by atoms with Crippen molar-refractivity contribution in [1.29, 1.82) is 5.26 Å². The summed E-state index contributed by atoms with van der Waals surface area (Å²) in [4.78, 5) is 0. The molecule has 0 amide bonds. The molecule has 0 aliphatic heterocycles. The Labute approximate surface area is 90.5 Å². The third-order valence-electron chi connectivity index (χ3n) is 2.49. The molecule has 1 aromatic rings. The molecule has 2 heteroatoms. The standard InChI is InChI=1S/C13H16FN/c1-9(8-15)10-5-6-11(12(14)7-10)13(2,3)4/h5-7,9H,1-4H3. The molecule has 0 bridgehead atoms. The van der Waals surface area contributed by atoms with Crippen LogP contribution in [-0.2, 0) is 5.41 Å². The highest BCUT2D eigenvalue weighted by molar-refractivity contribution is 5.32. The van der Waals surface area contributed by atoms with Crippen LogP contribution in [0, 0.1) is 17.1 Å². The van der Waals surface area contributed by atoms with Gasteiger partial charge in [-0.2, -0.15) is 5.26 Å². The molecule has 0 aromatic heterocycles. The molecule has 0 saturated carbocycles. The second-order valence-corrected chi connectivity index (χ2v) is 4.84. The minimum Gasteiger partial charge on any atom is -0.207 e. The lowest BCUT2D eigenvalue weighted by molar-refractivity contribution is 0.521. The van der Waals surface area contributed by atoms with Crippen LogP contribution in [0.5, 0.6) is 0 Å². The van der Waals surface area contributed by atoms with Gasteiger partial charge in [0.1, 0.15) is 5.82 Å². The van der Waals surface area contributed by atoms with Crippen LogP contribution in [0.15, 0.2) is 18.2 Å². The van der Waals surface area contributed by atoms with Gasteiger partial charge in [-0.1, -0.05) is 32.9 Å². The van der Waals surface area contributed by atoms with Crippen molar-refractivity contribution in [3.63, 3.8) is 0 Å². The van der Waals surface area contributed by atoms with Gasteiger partial charge in [0.15, 0.2) is 0 Å². The lowest BCUT2D eigenvalue weighted by Gasteiger charge is -2.20. The van der Waals surface area contributed by atoms with Crippen LogP contribution < -0.4 is 0 Å². The molecule has 80 valence electrons. The molecule has 1 atom stereocenters. The number of halogens is 1. The Morgan fingerprint density at radius 3 is 2.33 bits per heavy atom. The third kappa shape index (κ3) is 2.56. The highest BCUT2D eigenvalue weighted by atomic mass is 19.1. The van der Waals surface area contributed by atoms with E-state index in [0.717, 1.165) is 5.56 Å². The van der Waals surface area contributed by atoms with Crippen molar-refractivity contribution in [1.82, 2.24) is 0 Å². The fourth-order valence-electron chi connectivity index (χ4n) is 1.48. The summed E-state index contributed by atoms with van der Waals surface area (Å²) in [6, 6.07) is 7.17. The number of nitriles is 1. The lowest BCUT2D eigenvalue weighted by atomic mass is 9.85. The summed E-state index contributed by atoms with van der Waals surface area (Å²) < 4.78 is 13.7. The van der Waals surface area contributed by atoms with Gasteiger partial charge in [-0.3, -0.25) is 0 Å². The SMILES string of the molecule is CC(C#N)c1ccc(C(C)(C)C)c(F)c1. The molecule has 15 heavy (non-hydrogen) atoms. The molecule has 0 fully saturated rings. The van der Waals surface area contributed by atoms with Crippen LogP contribution in [0.4, 0.5) is 4.39 Å². The maximum absolute atomic E-state index is 13.7. The highest BCUT2D eigenvalue weighted by Crippen LogP contribution is 2.27. The first-order valence-corrected chi connectivity index (χ1v) is 5.06. The molecule has 0 saturated heterocycles. The molecular weight excluding hydrogens is 189 g/mol.